The van der Waals surface area contributed by atoms with Gasteiger partial charge in [0.25, 0.3) is 0 Å². The Bertz CT molecular complexity index is 269. The number of hydrogen-bond donors (Lipinski definition) is 1. The van der Waals surface area contributed by atoms with Crippen LogP contribution in [0.25, 0.3) is 0 Å². The first-order chi connectivity index (χ1) is 10.3. The first kappa shape index (κ1) is 17.2. The third-order valence-corrected chi connectivity index (χ3v) is 5.65. The summed E-state index contributed by atoms with van der Waals surface area (Å²) in [4.78, 5) is 5.51. The van der Waals surface area contributed by atoms with Crippen LogP contribution in [-0.4, -0.2) is 55.1 Å². The molecule has 1 saturated heterocycles. The molecule has 0 aromatic rings. The monoisotopic (exact) mass is 295 g/mol. The van der Waals surface area contributed by atoms with E-state index >= 15 is 0 Å². The summed E-state index contributed by atoms with van der Waals surface area (Å²) in [5.74, 6) is 0.999. The van der Waals surface area contributed by atoms with Crippen molar-refractivity contribution in [3.63, 3.8) is 0 Å². The fourth-order valence-electron chi connectivity index (χ4n) is 4.20. The molecule has 2 unspecified atom stereocenters. The van der Waals surface area contributed by atoms with Crippen LogP contribution in [0.2, 0.25) is 0 Å². The predicted octanol–water partition coefficient (Wildman–Crippen LogP) is 3.09. The van der Waals surface area contributed by atoms with Gasteiger partial charge in [-0.25, -0.2) is 0 Å². The van der Waals surface area contributed by atoms with Crippen molar-refractivity contribution in [2.75, 3.05) is 39.3 Å². The molecule has 2 N–H and O–H groups in total. The van der Waals surface area contributed by atoms with Gasteiger partial charge in [-0.1, -0.05) is 32.6 Å². The average Bonchev–Trinajstić information content (AvgIpc) is 2.77. The lowest BCUT2D eigenvalue weighted by Gasteiger charge is -2.36. The fourth-order valence-corrected chi connectivity index (χ4v) is 4.20. The summed E-state index contributed by atoms with van der Waals surface area (Å²) >= 11 is 0. The van der Waals surface area contributed by atoms with Crippen LogP contribution >= 0.6 is 0 Å². The van der Waals surface area contributed by atoms with Gasteiger partial charge in [-0.15, -0.1) is 0 Å². The standard InChI is InChI=1S/C18H37N3/c1-2-17-8-6-9-18(16-17)21-13-7-12-20(14-15-21)11-5-3-4-10-19/h17-18H,2-16,19H2,1H3. The Morgan fingerprint density at radius 1 is 0.952 bits per heavy atom. The molecule has 1 aliphatic heterocycles. The van der Waals surface area contributed by atoms with Gasteiger partial charge in [0.15, 0.2) is 0 Å². The van der Waals surface area contributed by atoms with Crippen LogP contribution in [0, 0.1) is 5.92 Å². The summed E-state index contributed by atoms with van der Waals surface area (Å²) < 4.78 is 0. The van der Waals surface area contributed by atoms with Crippen molar-refractivity contribution >= 4 is 0 Å². The van der Waals surface area contributed by atoms with Gasteiger partial charge in [0.2, 0.25) is 0 Å². The van der Waals surface area contributed by atoms with Crippen LogP contribution in [0.1, 0.15) is 64.7 Å². The van der Waals surface area contributed by atoms with Crippen molar-refractivity contribution in [2.45, 2.75) is 70.8 Å². The Hall–Kier alpha value is -0.120. The van der Waals surface area contributed by atoms with Gasteiger partial charge in [-0.05, 0) is 64.2 Å². The Kier molecular flexibility index (Phi) is 8.05. The molecule has 0 radical (unpaired) electrons. The van der Waals surface area contributed by atoms with Crippen molar-refractivity contribution in [2.24, 2.45) is 11.7 Å². The molecule has 1 aliphatic carbocycles. The molecule has 1 heterocycles. The van der Waals surface area contributed by atoms with E-state index in [-0.39, 0.29) is 0 Å². The lowest BCUT2D eigenvalue weighted by Crippen LogP contribution is -2.41. The molecular weight excluding hydrogens is 258 g/mol. The summed E-state index contributed by atoms with van der Waals surface area (Å²) in [6.07, 6.45) is 12.4. The molecule has 0 amide bonds. The summed E-state index contributed by atoms with van der Waals surface area (Å²) in [5, 5.41) is 0. The molecular formula is C18H37N3. The van der Waals surface area contributed by atoms with Crippen molar-refractivity contribution in [3.05, 3.63) is 0 Å². The van der Waals surface area contributed by atoms with E-state index in [1.807, 2.05) is 0 Å². The van der Waals surface area contributed by atoms with E-state index in [0.717, 1.165) is 18.5 Å². The molecule has 3 heteroatoms. The highest BCUT2D eigenvalue weighted by molar-refractivity contribution is 4.82. The van der Waals surface area contributed by atoms with Crippen LogP contribution in [0.3, 0.4) is 0 Å². The van der Waals surface area contributed by atoms with Gasteiger partial charge >= 0.3 is 0 Å². The van der Waals surface area contributed by atoms with Gasteiger partial charge in [0, 0.05) is 19.1 Å². The van der Waals surface area contributed by atoms with Crippen LogP contribution in [0.4, 0.5) is 0 Å². The van der Waals surface area contributed by atoms with Crippen molar-refractivity contribution < 1.29 is 0 Å². The Morgan fingerprint density at radius 2 is 1.86 bits per heavy atom. The Balaban J connectivity index is 1.70. The smallest absolute Gasteiger partial charge is 0.0112 e. The molecule has 0 bridgehead atoms. The molecule has 0 aromatic heterocycles. The quantitative estimate of drug-likeness (QED) is 0.733. The number of rotatable bonds is 7. The molecule has 2 fully saturated rings. The first-order valence-corrected chi connectivity index (χ1v) is 9.50. The zero-order valence-electron chi connectivity index (χ0n) is 14.2. The Labute approximate surface area is 132 Å². The number of unbranched alkanes of at least 4 members (excludes halogenated alkanes) is 2. The minimum absolute atomic E-state index is 0.855. The van der Waals surface area contributed by atoms with E-state index in [2.05, 4.69) is 16.7 Å². The molecule has 2 rings (SSSR count). The lowest BCUT2D eigenvalue weighted by atomic mass is 9.83. The highest BCUT2D eigenvalue weighted by atomic mass is 15.2. The second-order valence-corrected chi connectivity index (χ2v) is 7.18. The van der Waals surface area contributed by atoms with E-state index in [0.29, 0.717) is 0 Å². The number of hydrogen-bond acceptors (Lipinski definition) is 3. The fraction of sp³-hybridized carbons (Fsp3) is 1.00. The molecule has 0 spiro atoms. The summed E-state index contributed by atoms with van der Waals surface area (Å²) in [7, 11) is 0. The number of nitrogens with zero attached hydrogens (tertiary/aromatic N) is 2. The Morgan fingerprint density at radius 3 is 2.67 bits per heavy atom. The second-order valence-electron chi connectivity index (χ2n) is 7.18. The maximum Gasteiger partial charge on any atom is 0.0112 e. The largest absolute Gasteiger partial charge is 0.330 e. The minimum atomic E-state index is 0.855. The molecule has 1 saturated carbocycles. The van der Waals surface area contributed by atoms with E-state index in [9.17, 15) is 0 Å². The van der Waals surface area contributed by atoms with E-state index < -0.39 is 0 Å². The highest BCUT2D eigenvalue weighted by Gasteiger charge is 2.27. The molecule has 21 heavy (non-hydrogen) atoms. The molecule has 3 nitrogen and oxygen atoms in total. The van der Waals surface area contributed by atoms with Crippen LogP contribution < -0.4 is 5.73 Å². The van der Waals surface area contributed by atoms with Crippen molar-refractivity contribution in [1.29, 1.82) is 0 Å². The van der Waals surface area contributed by atoms with Crippen LogP contribution in [0.15, 0.2) is 0 Å². The number of nitrogens with two attached hydrogens (primary N) is 1. The minimum Gasteiger partial charge on any atom is -0.330 e. The SMILES string of the molecule is CCC1CCCC(N2CCCN(CCCCCN)CC2)C1. The summed E-state index contributed by atoms with van der Waals surface area (Å²) in [6, 6.07) is 0.890. The first-order valence-electron chi connectivity index (χ1n) is 9.50. The van der Waals surface area contributed by atoms with Crippen molar-refractivity contribution in [3.8, 4) is 0 Å². The normalized spacial score (nSPS) is 29.4. The summed E-state index contributed by atoms with van der Waals surface area (Å²) in [6.45, 7) is 9.75. The van der Waals surface area contributed by atoms with Crippen LogP contribution in [-0.2, 0) is 0 Å². The molecule has 0 aromatic carbocycles. The van der Waals surface area contributed by atoms with E-state index in [1.165, 1.54) is 90.5 Å². The topological polar surface area (TPSA) is 32.5 Å². The maximum atomic E-state index is 5.58. The van der Waals surface area contributed by atoms with Gasteiger partial charge in [-0.2, -0.15) is 0 Å². The lowest BCUT2D eigenvalue weighted by molar-refractivity contribution is 0.131. The summed E-state index contributed by atoms with van der Waals surface area (Å²) in [5.41, 5.74) is 5.58. The van der Waals surface area contributed by atoms with Gasteiger partial charge in [-0.3, -0.25) is 4.90 Å². The second kappa shape index (κ2) is 9.81. The molecule has 2 aliphatic rings. The molecule has 124 valence electrons. The maximum absolute atomic E-state index is 5.58. The van der Waals surface area contributed by atoms with Gasteiger partial charge in [0.05, 0.1) is 0 Å². The van der Waals surface area contributed by atoms with Gasteiger partial charge in [0.1, 0.15) is 0 Å². The third kappa shape index (κ3) is 5.88. The predicted molar refractivity (Wildman–Crippen MR) is 91.6 cm³/mol. The van der Waals surface area contributed by atoms with Gasteiger partial charge < -0.3 is 10.6 Å². The van der Waals surface area contributed by atoms with E-state index in [4.69, 9.17) is 5.73 Å². The average molecular weight is 296 g/mol. The molecule has 2 atom stereocenters. The third-order valence-electron chi connectivity index (χ3n) is 5.65. The van der Waals surface area contributed by atoms with Crippen LogP contribution in [0.5, 0.6) is 0 Å². The van der Waals surface area contributed by atoms with E-state index in [1.54, 1.807) is 0 Å². The zero-order valence-corrected chi connectivity index (χ0v) is 14.2. The van der Waals surface area contributed by atoms with Crippen molar-refractivity contribution in [1.82, 2.24) is 9.80 Å². The highest BCUT2D eigenvalue weighted by Crippen LogP contribution is 2.30. The zero-order chi connectivity index (χ0) is 14.9.